The predicted molar refractivity (Wildman–Crippen MR) is 97.4 cm³/mol. The number of hydrogen-bond donors (Lipinski definition) is 1. The van der Waals surface area contributed by atoms with Crippen LogP contribution >= 0.6 is 11.6 Å². The van der Waals surface area contributed by atoms with Gasteiger partial charge < -0.3 is 14.8 Å². The highest BCUT2D eigenvalue weighted by Gasteiger charge is 2.14. The number of rotatable bonds is 5. The van der Waals surface area contributed by atoms with Crippen LogP contribution in [-0.4, -0.2) is 25.1 Å². The number of carbonyl (C=O) groups is 1. The molecule has 0 fully saturated rings. The van der Waals surface area contributed by atoms with E-state index in [1.165, 1.54) is 12.1 Å². The third-order valence-corrected chi connectivity index (χ3v) is 4.17. The molecule has 1 N–H and O–H groups in total. The largest absolute Gasteiger partial charge is 0.493 e. The summed E-state index contributed by atoms with van der Waals surface area (Å²) in [6.45, 7) is 0.275. The highest BCUT2D eigenvalue weighted by Crippen LogP contribution is 2.27. The SMILES string of the molecule is COc1ccc(CNC(=O)c2cc3ccc(F)cc3nc2Cl)cc1OC. The van der Waals surface area contributed by atoms with Crippen molar-refractivity contribution in [2.45, 2.75) is 6.54 Å². The lowest BCUT2D eigenvalue weighted by Gasteiger charge is -2.11. The number of pyridine rings is 1. The Kier molecular flexibility index (Phi) is 5.23. The Morgan fingerprint density at radius 2 is 1.88 bits per heavy atom. The number of nitrogens with zero attached hydrogens (tertiary/aromatic N) is 1. The van der Waals surface area contributed by atoms with Gasteiger partial charge in [-0.05, 0) is 35.9 Å². The predicted octanol–water partition coefficient (Wildman–Crippen LogP) is 3.97. The molecule has 3 rings (SSSR count). The molecule has 0 aliphatic heterocycles. The minimum absolute atomic E-state index is 0.0212. The first kappa shape index (κ1) is 17.9. The molecular formula is C19H16ClFN2O3. The van der Waals surface area contributed by atoms with Crippen LogP contribution in [0.5, 0.6) is 11.5 Å². The van der Waals surface area contributed by atoms with E-state index in [4.69, 9.17) is 21.1 Å². The number of methoxy groups -OCH3 is 2. The zero-order chi connectivity index (χ0) is 18.7. The van der Waals surface area contributed by atoms with Crippen LogP contribution in [0.3, 0.4) is 0 Å². The number of amides is 1. The fourth-order valence-electron chi connectivity index (χ4n) is 2.54. The van der Waals surface area contributed by atoms with Crippen molar-refractivity contribution in [3.8, 4) is 11.5 Å². The van der Waals surface area contributed by atoms with Crippen molar-refractivity contribution in [2.75, 3.05) is 14.2 Å². The summed E-state index contributed by atoms with van der Waals surface area (Å²) in [5.41, 5.74) is 1.46. The van der Waals surface area contributed by atoms with Crippen molar-refractivity contribution in [2.24, 2.45) is 0 Å². The molecular weight excluding hydrogens is 359 g/mol. The Labute approximate surface area is 154 Å². The standard InChI is InChI=1S/C19H16ClFN2O3/c1-25-16-6-3-11(7-17(16)26-2)10-22-19(24)14-8-12-4-5-13(21)9-15(12)23-18(14)20/h3-9H,10H2,1-2H3,(H,22,24). The van der Waals surface area contributed by atoms with Crippen molar-refractivity contribution in [1.82, 2.24) is 10.3 Å². The summed E-state index contributed by atoms with van der Waals surface area (Å²) in [7, 11) is 3.10. The summed E-state index contributed by atoms with van der Waals surface area (Å²) >= 11 is 6.09. The first-order valence-electron chi connectivity index (χ1n) is 7.76. The molecule has 0 radical (unpaired) electrons. The molecule has 7 heteroatoms. The van der Waals surface area contributed by atoms with E-state index in [1.54, 1.807) is 38.5 Å². The molecule has 1 amide bonds. The molecule has 0 bridgehead atoms. The van der Waals surface area contributed by atoms with Crippen molar-refractivity contribution in [3.05, 3.63) is 64.6 Å². The Bertz CT molecular complexity index is 978. The molecule has 2 aromatic carbocycles. The van der Waals surface area contributed by atoms with Crippen LogP contribution in [0, 0.1) is 5.82 Å². The molecule has 0 unspecified atom stereocenters. The number of ether oxygens (including phenoxy) is 2. The smallest absolute Gasteiger partial charge is 0.254 e. The van der Waals surface area contributed by atoms with Crippen LogP contribution in [0.4, 0.5) is 4.39 Å². The summed E-state index contributed by atoms with van der Waals surface area (Å²) in [4.78, 5) is 16.6. The second kappa shape index (κ2) is 7.58. The maximum atomic E-state index is 13.3. The Balaban J connectivity index is 1.79. The Morgan fingerprint density at radius 3 is 2.62 bits per heavy atom. The molecule has 0 spiro atoms. The monoisotopic (exact) mass is 374 g/mol. The lowest BCUT2D eigenvalue weighted by Crippen LogP contribution is -2.23. The summed E-state index contributed by atoms with van der Waals surface area (Å²) in [6.07, 6.45) is 0. The molecule has 0 atom stereocenters. The molecule has 5 nitrogen and oxygen atoms in total. The molecule has 134 valence electrons. The normalized spacial score (nSPS) is 10.6. The van der Waals surface area contributed by atoms with Gasteiger partial charge in [0, 0.05) is 18.0 Å². The van der Waals surface area contributed by atoms with E-state index in [2.05, 4.69) is 10.3 Å². The van der Waals surface area contributed by atoms with Crippen LogP contribution in [0.2, 0.25) is 5.15 Å². The highest BCUT2D eigenvalue weighted by atomic mass is 35.5. The van der Waals surface area contributed by atoms with Gasteiger partial charge >= 0.3 is 0 Å². The minimum atomic E-state index is -0.410. The topological polar surface area (TPSA) is 60.5 Å². The van der Waals surface area contributed by atoms with Gasteiger partial charge in [-0.1, -0.05) is 17.7 Å². The number of carbonyl (C=O) groups excluding carboxylic acids is 1. The van der Waals surface area contributed by atoms with E-state index in [-0.39, 0.29) is 23.2 Å². The maximum absolute atomic E-state index is 13.3. The van der Waals surface area contributed by atoms with Gasteiger partial charge in [0.15, 0.2) is 11.5 Å². The number of halogens is 2. The van der Waals surface area contributed by atoms with Gasteiger partial charge in [0.1, 0.15) is 11.0 Å². The fraction of sp³-hybridized carbons (Fsp3) is 0.158. The van der Waals surface area contributed by atoms with Crippen LogP contribution < -0.4 is 14.8 Å². The number of nitrogens with one attached hydrogen (secondary N) is 1. The average molecular weight is 375 g/mol. The van der Waals surface area contributed by atoms with E-state index < -0.39 is 5.82 Å². The maximum Gasteiger partial charge on any atom is 0.254 e. The van der Waals surface area contributed by atoms with E-state index in [1.807, 2.05) is 6.07 Å². The zero-order valence-corrected chi connectivity index (χ0v) is 14.9. The van der Waals surface area contributed by atoms with Crippen molar-refractivity contribution >= 4 is 28.4 Å². The van der Waals surface area contributed by atoms with Gasteiger partial charge in [-0.25, -0.2) is 9.37 Å². The molecule has 0 saturated heterocycles. The lowest BCUT2D eigenvalue weighted by atomic mass is 10.1. The number of fused-ring (bicyclic) bond motifs is 1. The fourth-order valence-corrected chi connectivity index (χ4v) is 2.78. The van der Waals surface area contributed by atoms with Gasteiger partial charge in [0.2, 0.25) is 0 Å². The third-order valence-electron chi connectivity index (χ3n) is 3.88. The van der Waals surface area contributed by atoms with Gasteiger partial charge in [-0.15, -0.1) is 0 Å². The zero-order valence-electron chi connectivity index (χ0n) is 14.2. The van der Waals surface area contributed by atoms with Crippen LogP contribution in [-0.2, 0) is 6.54 Å². The van der Waals surface area contributed by atoms with E-state index in [0.29, 0.717) is 22.4 Å². The van der Waals surface area contributed by atoms with Crippen LogP contribution in [0.1, 0.15) is 15.9 Å². The van der Waals surface area contributed by atoms with Crippen molar-refractivity contribution < 1.29 is 18.7 Å². The van der Waals surface area contributed by atoms with Gasteiger partial charge in [0.25, 0.3) is 5.91 Å². The first-order chi connectivity index (χ1) is 12.5. The van der Waals surface area contributed by atoms with Crippen molar-refractivity contribution in [3.63, 3.8) is 0 Å². The summed E-state index contributed by atoms with van der Waals surface area (Å²) in [5.74, 6) is 0.401. The summed E-state index contributed by atoms with van der Waals surface area (Å²) in [6, 6.07) is 11.1. The van der Waals surface area contributed by atoms with Gasteiger partial charge in [-0.2, -0.15) is 0 Å². The molecule has 26 heavy (non-hydrogen) atoms. The van der Waals surface area contributed by atoms with Crippen LogP contribution in [0.25, 0.3) is 10.9 Å². The quantitative estimate of drug-likeness (QED) is 0.686. The molecule has 3 aromatic rings. The second-order valence-electron chi connectivity index (χ2n) is 5.54. The number of benzene rings is 2. The number of aromatic nitrogens is 1. The van der Waals surface area contributed by atoms with Crippen molar-refractivity contribution in [1.29, 1.82) is 0 Å². The van der Waals surface area contributed by atoms with E-state index in [9.17, 15) is 9.18 Å². The molecule has 1 aromatic heterocycles. The molecule has 0 aliphatic carbocycles. The van der Waals surface area contributed by atoms with Gasteiger partial charge in [-0.3, -0.25) is 4.79 Å². The summed E-state index contributed by atoms with van der Waals surface area (Å²) in [5, 5.41) is 3.44. The third kappa shape index (κ3) is 3.70. The van der Waals surface area contributed by atoms with E-state index >= 15 is 0 Å². The lowest BCUT2D eigenvalue weighted by molar-refractivity contribution is 0.0951. The summed E-state index contributed by atoms with van der Waals surface area (Å²) < 4.78 is 23.7. The highest BCUT2D eigenvalue weighted by molar-refractivity contribution is 6.33. The number of hydrogen-bond acceptors (Lipinski definition) is 4. The Morgan fingerprint density at radius 1 is 1.12 bits per heavy atom. The van der Waals surface area contributed by atoms with E-state index in [0.717, 1.165) is 5.56 Å². The molecule has 0 aliphatic rings. The van der Waals surface area contributed by atoms with Gasteiger partial charge in [0.05, 0.1) is 25.3 Å². The average Bonchev–Trinajstić information content (AvgIpc) is 2.65. The Hall–Kier alpha value is -2.86. The molecule has 0 saturated carbocycles. The van der Waals surface area contributed by atoms with Crippen LogP contribution in [0.15, 0.2) is 42.5 Å². The molecule has 1 heterocycles. The first-order valence-corrected chi connectivity index (χ1v) is 8.14. The second-order valence-corrected chi connectivity index (χ2v) is 5.89. The minimum Gasteiger partial charge on any atom is -0.493 e.